The van der Waals surface area contributed by atoms with Crippen LogP contribution in [-0.2, 0) is 4.79 Å². The lowest BCUT2D eigenvalue weighted by molar-refractivity contribution is -0.127. The van der Waals surface area contributed by atoms with Crippen LogP contribution in [0, 0.1) is 5.82 Å². The van der Waals surface area contributed by atoms with E-state index in [9.17, 15) is 9.18 Å². The molecule has 132 valence electrons. The van der Waals surface area contributed by atoms with Gasteiger partial charge in [0, 0.05) is 0 Å². The van der Waals surface area contributed by atoms with Gasteiger partial charge in [0.1, 0.15) is 24.8 Å². The third-order valence-corrected chi connectivity index (χ3v) is 3.92. The van der Waals surface area contributed by atoms with Crippen LogP contribution in [0.5, 0.6) is 17.2 Å². The molecule has 6 heteroatoms. The van der Waals surface area contributed by atoms with E-state index in [2.05, 4.69) is 5.32 Å². The van der Waals surface area contributed by atoms with Crippen molar-refractivity contribution >= 4 is 5.91 Å². The number of ether oxygens (including phenoxy) is 3. The molecule has 5 nitrogen and oxygen atoms in total. The summed E-state index contributed by atoms with van der Waals surface area (Å²) in [7, 11) is 0. The molecule has 0 bridgehead atoms. The van der Waals surface area contributed by atoms with E-state index >= 15 is 0 Å². The maximum atomic E-state index is 12.9. The van der Waals surface area contributed by atoms with E-state index in [4.69, 9.17) is 14.2 Å². The Bertz CT molecular complexity index is 748. The molecule has 2 aromatic carbocycles. The zero-order valence-corrected chi connectivity index (χ0v) is 14.1. The molecule has 3 rings (SSSR count). The molecule has 0 fully saturated rings. The Balaban J connectivity index is 1.60. The van der Waals surface area contributed by atoms with Crippen LogP contribution in [0.1, 0.15) is 25.5 Å². The van der Waals surface area contributed by atoms with Gasteiger partial charge in [-0.15, -0.1) is 0 Å². The highest BCUT2D eigenvalue weighted by molar-refractivity contribution is 5.81. The quantitative estimate of drug-likeness (QED) is 0.904. The number of carbonyl (C=O) groups excluding carboxylic acids is 1. The number of hydrogen-bond donors (Lipinski definition) is 1. The van der Waals surface area contributed by atoms with Crippen LogP contribution in [0.2, 0.25) is 0 Å². The number of amides is 1. The Hall–Kier alpha value is -2.76. The van der Waals surface area contributed by atoms with E-state index in [0.717, 1.165) is 5.56 Å². The fourth-order valence-electron chi connectivity index (χ4n) is 2.51. The van der Waals surface area contributed by atoms with Gasteiger partial charge in [0.25, 0.3) is 5.91 Å². The molecule has 0 aromatic heterocycles. The van der Waals surface area contributed by atoms with Crippen LogP contribution in [0.4, 0.5) is 4.39 Å². The highest BCUT2D eigenvalue weighted by atomic mass is 19.1. The Morgan fingerprint density at radius 2 is 1.76 bits per heavy atom. The SMILES string of the molecule is CC(Oc1ccc(F)cc1)C(=O)NC(C)c1ccc2c(c1)OCCO2. The second kappa shape index (κ2) is 7.42. The van der Waals surface area contributed by atoms with Crippen LogP contribution in [0.3, 0.4) is 0 Å². The summed E-state index contributed by atoms with van der Waals surface area (Å²) in [6, 6.07) is 10.9. The number of rotatable bonds is 5. The highest BCUT2D eigenvalue weighted by Crippen LogP contribution is 2.32. The number of nitrogens with one attached hydrogen (secondary N) is 1. The number of fused-ring (bicyclic) bond motifs is 1. The summed E-state index contributed by atoms with van der Waals surface area (Å²) in [5, 5.41) is 2.90. The van der Waals surface area contributed by atoms with Gasteiger partial charge in [-0.2, -0.15) is 0 Å². The monoisotopic (exact) mass is 345 g/mol. The molecule has 0 aliphatic carbocycles. The average Bonchev–Trinajstić information content (AvgIpc) is 2.63. The molecular weight excluding hydrogens is 325 g/mol. The van der Waals surface area contributed by atoms with Gasteiger partial charge in [0.15, 0.2) is 17.6 Å². The van der Waals surface area contributed by atoms with Gasteiger partial charge >= 0.3 is 0 Å². The Kier molecular flexibility index (Phi) is 5.07. The molecule has 0 saturated heterocycles. The van der Waals surface area contributed by atoms with E-state index in [1.165, 1.54) is 24.3 Å². The average molecular weight is 345 g/mol. The summed E-state index contributed by atoms with van der Waals surface area (Å²) in [5.41, 5.74) is 0.909. The Morgan fingerprint density at radius 3 is 2.48 bits per heavy atom. The van der Waals surface area contributed by atoms with Crippen molar-refractivity contribution in [1.82, 2.24) is 5.32 Å². The molecule has 1 N–H and O–H groups in total. The lowest BCUT2D eigenvalue weighted by Gasteiger charge is -2.22. The first-order valence-electron chi connectivity index (χ1n) is 8.15. The molecule has 2 unspecified atom stereocenters. The molecule has 1 amide bonds. The molecule has 0 radical (unpaired) electrons. The second-order valence-electron chi connectivity index (χ2n) is 5.85. The number of hydrogen-bond acceptors (Lipinski definition) is 4. The third kappa shape index (κ3) is 4.21. The van der Waals surface area contributed by atoms with Crippen LogP contribution in [0.25, 0.3) is 0 Å². The summed E-state index contributed by atoms with van der Waals surface area (Å²) in [4.78, 5) is 12.3. The second-order valence-corrected chi connectivity index (χ2v) is 5.85. The molecule has 1 aliphatic heterocycles. The number of carbonyl (C=O) groups is 1. The fraction of sp³-hybridized carbons (Fsp3) is 0.316. The van der Waals surface area contributed by atoms with Crippen LogP contribution in [0.15, 0.2) is 42.5 Å². The van der Waals surface area contributed by atoms with Crippen LogP contribution >= 0.6 is 0 Å². The van der Waals surface area contributed by atoms with Gasteiger partial charge in [-0.3, -0.25) is 4.79 Å². The van der Waals surface area contributed by atoms with E-state index in [-0.39, 0.29) is 17.8 Å². The van der Waals surface area contributed by atoms with E-state index < -0.39 is 6.10 Å². The first kappa shape index (κ1) is 17.1. The summed E-state index contributed by atoms with van der Waals surface area (Å²) in [6.07, 6.45) is -0.704. The van der Waals surface area contributed by atoms with Crippen LogP contribution < -0.4 is 19.5 Å². The standard InChI is InChI=1S/C19H20FNO4/c1-12(14-3-8-17-18(11-14)24-10-9-23-17)21-19(22)13(2)25-16-6-4-15(20)5-7-16/h3-8,11-13H,9-10H2,1-2H3,(H,21,22). The smallest absolute Gasteiger partial charge is 0.261 e. The molecule has 0 spiro atoms. The normalized spacial score (nSPS) is 15.2. The maximum absolute atomic E-state index is 12.9. The van der Waals surface area contributed by atoms with E-state index in [1.807, 2.05) is 25.1 Å². The fourth-order valence-corrected chi connectivity index (χ4v) is 2.51. The van der Waals surface area contributed by atoms with Gasteiger partial charge in [-0.1, -0.05) is 6.07 Å². The van der Waals surface area contributed by atoms with Crippen molar-refractivity contribution in [3.05, 3.63) is 53.8 Å². The molecule has 25 heavy (non-hydrogen) atoms. The number of halogens is 1. The molecule has 0 saturated carbocycles. The zero-order chi connectivity index (χ0) is 17.8. The van der Waals surface area contributed by atoms with Crippen molar-refractivity contribution in [2.45, 2.75) is 26.0 Å². The highest BCUT2D eigenvalue weighted by Gasteiger charge is 2.19. The zero-order valence-electron chi connectivity index (χ0n) is 14.1. The maximum Gasteiger partial charge on any atom is 0.261 e. The van der Waals surface area contributed by atoms with Crippen LogP contribution in [-0.4, -0.2) is 25.2 Å². The predicted molar refractivity (Wildman–Crippen MR) is 90.5 cm³/mol. The summed E-state index contributed by atoms with van der Waals surface area (Å²) in [6.45, 7) is 4.58. The summed E-state index contributed by atoms with van der Waals surface area (Å²) < 4.78 is 29.5. The lowest BCUT2D eigenvalue weighted by atomic mass is 10.1. The van der Waals surface area contributed by atoms with Gasteiger partial charge < -0.3 is 19.5 Å². The van der Waals surface area contributed by atoms with Crippen molar-refractivity contribution in [1.29, 1.82) is 0 Å². The number of benzene rings is 2. The first-order valence-corrected chi connectivity index (χ1v) is 8.15. The predicted octanol–water partition coefficient (Wildman–Crippen LogP) is 3.24. The lowest BCUT2D eigenvalue weighted by Crippen LogP contribution is -2.37. The first-order chi connectivity index (χ1) is 12.0. The molecule has 1 aliphatic rings. The molecule has 1 heterocycles. The van der Waals surface area contributed by atoms with Crippen molar-refractivity contribution in [3.63, 3.8) is 0 Å². The minimum atomic E-state index is -0.704. The molecule has 2 aromatic rings. The minimum absolute atomic E-state index is 0.220. The third-order valence-electron chi connectivity index (χ3n) is 3.92. The van der Waals surface area contributed by atoms with Crippen molar-refractivity contribution in [3.8, 4) is 17.2 Å². The van der Waals surface area contributed by atoms with Crippen molar-refractivity contribution < 1.29 is 23.4 Å². The van der Waals surface area contributed by atoms with Gasteiger partial charge in [0.2, 0.25) is 0 Å². The minimum Gasteiger partial charge on any atom is -0.486 e. The largest absolute Gasteiger partial charge is 0.486 e. The molecular formula is C19H20FNO4. The summed E-state index contributed by atoms with van der Waals surface area (Å²) in [5.74, 6) is 1.22. The van der Waals surface area contributed by atoms with Gasteiger partial charge in [-0.25, -0.2) is 4.39 Å². The van der Waals surface area contributed by atoms with Gasteiger partial charge in [-0.05, 0) is 55.8 Å². The van der Waals surface area contributed by atoms with Crippen molar-refractivity contribution in [2.24, 2.45) is 0 Å². The van der Waals surface area contributed by atoms with E-state index in [1.54, 1.807) is 6.92 Å². The molecule has 2 atom stereocenters. The van der Waals surface area contributed by atoms with Gasteiger partial charge in [0.05, 0.1) is 6.04 Å². The Morgan fingerprint density at radius 1 is 1.08 bits per heavy atom. The Labute approximate surface area is 145 Å². The van der Waals surface area contributed by atoms with E-state index in [0.29, 0.717) is 30.5 Å². The summed E-state index contributed by atoms with van der Waals surface area (Å²) >= 11 is 0. The van der Waals surface area contributed by atoms with Crippen molar-refractivity contribution in [2.75, 3.05) is 13.2 Å². The topological polar surface area (TPSA) is 56.8 Å².